The Morgan fingerprint density at radius 2 is 2.13 bits per heavy atom. The zero-order chi connectivity index (χ0) is 16.1. The van der Waals surface area contributed by atoms with E-state index in [4.69, 9.17) is 0 Å². The lowest BCUT2D eigenvalue weighted by molar-refractivity contribution is -0.123. The molecular formula is C17H25ClF2N2O. The van der Waals surface area contributed by atoms with Crippen molar-refractivity contribution >= 4 is 18.3 Å². The normalized spacial score (nSPS) is 20.3. The van der Waals surface area contributed by atoms with Crippen LogP contribution in [0.15, 0.2) is 18.2 Å². The molecule has 2 rings (SSSR count). The number of halogens is 3. The highest BCUT2D eigenvalue weighted by Gasteiger charge is 2.23. The Hall–Kier alpha value is -1.20. The van der Waals surface area contributed by atoms with Crippen molar-refractivity contribution < 1.29 is 13.6 Å². The summed E-state index contributed by atoms with van der Waals surface area (Å²) in [7, 11) is 0. The van der Waals surface area contributed by atoms with E-state index < -0.39 is 17.7 Å². The molecule has 130 valence electrons. The summed E-state index contributed by atoms with van der Waals surface area (Å²) in [4.78, 5) is 12.1. The smallest absolute Gasteiger partial charge is 0.220 e. The SMILES string of the molecule is CC(NC(=O)CC(C)C1CCCNC1)c1ccc(F)cc1F.Cl. The number of carbonyl (C=O) groups excluding carboxylic acids is 1. The second-order valence-electron chi connectivity index (χ2n) is 6.24. The van der Waals surface area contributed by atoms with E-state index in [0.29, 0.717) is 17.9 Å². The molecule has 6 heteroatoms. The molecule has 2 N–H and O–H groups in total. The van der Waals surface area contributed by atoms with Crippen LogP contribution in [0.4, 0.5) is 8.78 Å². The molecule has 3 atom stereocenters. The Kier molecular flexibility index (Phi) is 7.92. The lowest BCUT2D eigenvalue weighted by atomic mass is 9.85. The number of rotatable bonds is 5. The van der Waals surface area contributed by atoms with Crippen LogP contribution in [0.25, 0.3) is 0 Å². The van der Waals surface area contributed by atoms with Gasteiger partial charge in [0.25, 0.3) is 0 Å². The van der Waals surface area contributed by atoms with Crippen molar-refractivity contribution in [3.8, 4) is 0 Å². The van der Waals surface area contributed by atoms with Crippen LogP contribution in [0.3, 0.4) is 0 Å². The third-order valence-corrected chi connectivity index (χ3v) is 4.45. The summed E-state index contributed by atoms with van der Waals surface area (Å²) in [5.41, 5.74) is 0.307. The van der Waals surface area contributed by atoms with E-state index in [0.717, 1.165) is 32.0 Å². The zero-order valence-electron chi connectivity index (χ0n) is 13.6. The number of amides is 1. The third-order valence-electron chi connectivity index (χ3n) is 4.45. The number of carbonyl (C=O) groups is 1. The van der Waals surface area contributed by atoms with Crippen molar-refractivity contribution in [3.63, 3.8) is 0 Å². The Morgan fingerprint density at radius 1 is 1.39 bits per heavy atom. The topological polar surface area (TPSA) is 41.1 Å². The van der Waals surface area contributed by atoms with E-state index in [1.54, 1.807) is 6.92 Å². The minimum absolute atomic E-state index is 0. The van der Waals surface area contributed by atoms with Gasteiger partial charge in [0.15, 0.2) is 0 Å². The van der Waals surface area contributed by atoms with Crippen LogP contribution in [0, 0.1) is 23.5 Å². The van der Waals surface area contributed by atoms with Gasteiger partial charge in [-0.25, -0.2) is 8.78 Å². The van der Waals surface area contributed by atoms with E-state index in [9.17, 15) is 13.6 Å². The minimum atomic E-state index is -0.627. The monoisotopic (exact) mass is 346 g/mol. The fourth-order valence-electron chi connectivity index (χ4n) is 3.05. The summed E-state index contributed by atoms with van der Waals surface area (Å²) >= 11 is 0. The van der Waals surface area contributed by atoms with Gasteiger partial charge in [0.05, 0.1) is 6.04 Å². The highest BCUT2D eigenvalue weighted by molar-refractivity contribution is 5.85. The molecule has 1 heterocycles. The van der Waals surface area contributed by atoms with Crippen LogP contribution < -0.4 is 10.6 Å². The van der Waals surface area contributed by atoms with Crippen molar-refractivity contribution in [2.24, 2.45) is 11.8 Å². The maximum Gasteiger partial charge on any atom is 0.220 e. The molecule has 1 aromatic rings. The van der Waals surface area contributed by atoms with E-state index in [1.807, 2.05) is 0 Å². The first-order valence-electron chi connectivity index (χ1n) is 7.92. The molecule has 1 fully saturated rings. The van der Waals surface area contributed by atoms with Crippen molar-refractivity contribution in [1.29, 1.82) is 0 Å². The molecule has 0 aliphatic carbocycles. The van der Waals surface area contributed by atoms with Crippen molar-refractivity contribution in [3.05, 3.63) is 35.4 Å². The maximum absolute atomic E-state index is 13.7. The average Bonchev–Trinajstić information content (AvgIpc) is 2.47. The second kappa shape index (κ2) is 9.18. The molecule has 1 aliphatic heterocycles. The number of nitrogens with one attached hydrogen (secondary N) is 2. The van der Waals surface area contributed by atoms with Crippen molar-refractivity contribution in [1.82, 2.24) is 10.6 Å². The largest absolute Gasteiger partial charge is 0.349 e. The third kappa shape index (κ3) is 5.74. The van der Waals surface area contributed by atoms with Crippen LogP contribution in [0.1, 0.15) is 44.7 Å². The van der Waals surface area contributed by atoms with Gasteiger partial charge in [0.1, 0.15) is 11.6 Å². The highest BCUT2D eigenvalue weighted by atomic mass is 35.5. The van der Waals surface area contributed by atoms with Gasteiger partial charge in [-0.2, -0.15) is 0 Å². The maximum atomic E-state index is 13.7. The lowest BCUT2D eigenvalue weighted by Gasteiger charge is -2.28. The Balaban J connectivity index is 0.00000264. The molecule has 3 unspecified atom stereocenters. The van der Waals surface area contributed by atoms with E-state index >= 15 is 0 Å². The number of hydrogen-bond donors (Lipinski definition) is 2. The summed E-state index contributed by atoms with van der Waals surface area (Å²) in [6.07, 6.45) is 2.72. The van der Waals surface area contributed by atoms with Crippen LogP contribution in [-0.4, -0.2) is 19.0 Å². The molecule has 0 bridgehead atoms. The van der Waals surface area contributed by atoms with Crippen LogP contribution in [0.5, 0.6) is 0 Å². The van der Waals surface area contributed by atoms with Gasteiger partial charge in [-0.3, -0.25) is 4.79 Å². The molecule has 1 aromatic carbocycles. The molecule has 0 radical (unpaired) electrons. The molecule has 1 aliphatic rings. The van der Waals surface area contributed by atoms with E-state index in [-0.39, 0.29) is 24.2 Å². The first kappa shape index (κ1) is 19.8. The van der Waals surface area contributed by atoms with Gasteiger partial charge in [-0.05, 0) is 50.8 Å². The van der Waals surface area contributed by atoms with Gasteiger partial charge >= 0.3 is 0 Å². The second-order valence-corrected chi connectivity index (χ2v) is 6.24. The molecule has 0 aromatic heterocycles. The highest BCUT2D eigenvalue weighted by Crippen LogP contribution is 2.23. The molecule has 23 heavy (non-hydrogen) atoms. The fourth-order valence-corrected chi connectivity index (χ4v) is 3.05. The lowest BCUT2D eigenvalue weighted by Crippen LogP contribution is -2.36. The van der Waals surface area contributed by atoms with Crippen LogP contribution in [-0.2, 0) is 4.79 Å². The summed E-state index contributed by atoms with van der Waals surface area (Å²) < 4.78 is 26.6. The van der Waals surface area contributed by atoms with Crippen molar-refractivity contribution in [2.75, 3.05) is 13.1 Å². The predicted molar refractivity (Wildman–Crippen MR) is 89.5 cm³/mol. The quantitative estimate of drug-likeness (QED) is 0.855. The Bertz CT molecular complexity index is 521. The minimum Gasteiger partial charge on any atom is -0.349 e. The van der Waals surface area contributed by atoms with Gasteiger partial charge in [0, 0.05) is 18.1 Å². The molecule has 1 amide bonds. The molecule has 0 spiro atoms. The number of hydrogen-bond acceptors (Lipinski definition) is 2. The fraction of sp³-hybridized carbons (Fsp3) is 0.588. The predicted octanol–water partition coefficient (Wildman–Crippen LogP) is 3.59. The Morgan fingerprint density at radius 3 is 2.74 bits per heavy atom. The Labute approximate surface area is 142 Å². The van der Waals surface area contributed by atoms with Gasteiger partial charge in [-0.1, -0.05) is 13.0 Å². The van der Waals surface area contributed by atoms with Crippen LogP contribution >= 0.6 is 12.4 Å². The first-order valence-corrected chi connectivity index (χ1v) is 7.92. The summed E-state index contributed by atoms with van der Waals surface area (Å²) in [6.45, 7) is 5.80. The molecule has 3 nitrogen and oxygen atoms in total. The summed E-state index contributed by atoms with van der Waals surface area (Å²) in [6, 6.07) is 2.96. The summed E-state index contributed by atoms with van der Waals surface area (Å²) in [5.74, 6) is -0.528. The number of piperidine rings is 1. The molecular weight excluding hydrogens is 322 g/mol. The van der Waals surface area contributed by atoms with Gasteiger partial charge in [0.2, 0.25) is 5.91 Å². The van der Waals surface area contributed by atoms with Gasteiger partial charge in [-0.15, -0.1) is 12.4 Å². The standard InChI is InChI=1S/C17H24F2N2O.ClH/c1-11(13-4-3-7-20-10-13)8-17(22)21-12(2)15-6-5-14(18)9-16(15)19;/h5-6,9,11-13,20H,3-4,7-8,10H2,1-2H3,(H,21,22);1H. The van der Waals surface area contributed by atoms with Gasteiger partial charge < -0.3 is 10.6 Å². The molecule has 1 saturated heterocycles. The average molecular weight is 347 g/mol. The zero-order valence-corrected chi connectivity index (χ0v) is 14.4. The van der Waals surface area contributed by atoms with E-state index in [1.165, 1.54) is 12.1 Å². The van der Waals surface area contributed by atoms with E-state index in [2.05, 4.69) is 17.6 Å². The molecule has 0 saturated carbocycles. The number of benzene rings is 1. The first-order chi connectivity index (χ1) is 10.5. The van der Waals surface area contributed by atoms with Crippen LogP contribution in [0.2, 0.25) is 0 Å². The van der Waals surface area contributed by atoms with Crippen molar-refractivity contribution in [2.45, 2.75) is 39.2 Å². The summed E-state index contributed by atoms with van der Waals surface area (Å²) in [5, 5.41) is 6.16.